The average molecular weight is 654 g/mol. The fraction of sp³-hybridized carbons (Fsp3) is 0.788. The summed E-state index contributed by atoms with van der Waals surface area (Å²) in [6.45, 7) is 24.8. The molecule has 1 atom stereocenters. The number of carbonyl (C=O) groups is 4. The largest absolute Gasteiger partial charge is 0.448 e. The number of cyclic esters (lactones) is 1. The monoisotopic (exact) mass is 653 g/mol. The maximum Gasteiger partial charge on any atom is 0.419 e. The molecule has 4 fully saturated rings. The number of oxazole rings is 1. The van der Waals surface area contributed by atoms with E-state index in [-0.39, 0.29) is 41.9 Å². The predicted octanol–water partition coefficient (Wildman–Crippen LogP) is 4.65. The van der Waals surface area contributed by atoms with Gasteiger partial charge in [-0.2, -0.15) is 0 Å². The molecular formula is C33H59N5O8. The van der Waals surface area contributed by atoms with E-state index in [4.69, 9.17) is 9.47 Å². The molecule has 0 bridgehead atoms. The van der Waals surface area contributed by atoms with Crippen LogP contribution in [0, 0.1) is 5.92 Å². The molecule has 0 radical (unpaired) electrons. The molecule has 4 saturated heterocycles. The first-order chi connectivity index (χ1) is 21.5. The summed E-state index contributed by atoms with van der Waals surface area (Å²) in [5.41, 5.74) is 0. The minimum atomic E-state index is -0.287. The number of Topliss-reactive ketones (excluding diaryl/α,β-unsaturated/α-hetero) is 1. The highest BCUT2D eigenvalue weighted by Gasteiger charge is 2.31. The number of ether oxygens (including phenoxy) is 2. The van der Waals surface area contributed by atoms with E-state index < -0.39 is 0 Å². The van der Waals surface area contributed by atoms with Crippen molar-refractivity contribution in [1.29, 1.82) is 0 Å². The van der Waals surface area contributed by atoms with E-state index in [1.165, 1.54) is 10.8 Å². The van der Waals surface area contributed by atoms with Gasteiger partial charge >= 0.3 is 17.9 Å². The van der Waals surface area contributed by atoms with Crippen molar-refractivity contribution in [3.63, 3.8) is 0 Å². The highest BCUT2D eigenvalue weighted by Crippen LogP contribution is 2.15. The number of hydrogen-bond acceptors (Lipinski definition) is 8. The zero-order valence-corrected chi connectivity index (χ0v) is 30.0. The van der Waals surface area contributed by atoms with Crippen molar-refractivity contribution in [2.45, 2.75) is 119 Å². The van der Waals surface area contributed by atoms with Crippen LogP contribution in [0.3, 0.4) is 0 Å². The second kappa shape index (κ2) is 20.0. The van der Waals surface area contributed by atoms with Gasteiger partial charge < -0.3 is 33.5 Å². The Hall–Kier alpha value is -3.35. The van der Waals surface area contributed by atoms with E-state index in [1.807, 2.05) is 72.2 Å². The molecule has 5 rings (SSSR count). The van der Waals surface area contributed by atoms with Crippen molar-refractivity contribution in [2.75, 3.05) is 46.4 Å². The zero-order valence-electron chi connectivity index (χ0n) is 30.0. The fourth-order valence-electron chi connectivity index (χ4n) is 4.66. The summed E-state index contributed by atoms with van der Waals surface area (Å²) in [6.07, 6.45) is 5.30. The van der Waals surface area contributed by atoms with Gasteiger partial charge in [-0.05, 0) is 67.7 Å². The van der Waals surface area contributed by atoms with Crippen LogP contribution >= 0.6 is 0 Å². The topological polar surface area (TPSA) is 138 Å². The maximum absolute atomic E-state index is 11.2. The second-order valence-electron chi connectivity index (χ2n) is 13.2. The number of likely N-dealkylation sites (tertiary alicyclic amines) is 1. The first kappa shape index (κ1) is 40.7. The molecule has 4 aliphatic heterocycles. The quantitative estimate of drug-likeness (QED) is 0.388. The van der Waals surface area contributed by atoms with Crippen LogP contribution in [0.1, 0.15) is 94.5 Å². The van der Waals surface area contributed by atoms with Gasteiger partial charge in [-0.15, -0.1) is 0 Å². The summed E-state index contributed by atoms with van der Waals surface area (Å²) < 4.78 is 15.6. The minimum absolute atomic E-state index is 0.0348. The number of urea groups is 1. The van der Waals surface area contributed by atoms with Crippen LogP contribution in [0.2, 0.25) is 0 Å². The number of carbonyl (C=O) groups excluding carboxylic acids is 4. The van der Waals surface area contributed by atoms with E-state index >= 15 is 0 Å². The number of likely N-dealkylation sites (N-methyl/N-ethyl adjacent to an activating group) is 1. The van der Waals surface area contributed by atoms with Gasteiger partial charge in [0.25, 0.3) is 0 Å². The summed E-state index contributed by atoms with van der Waals surface area (Å²) in [4.78, 5) is 61.7. The lowest BCUT2D eigenvalue weighted by Crippen LogP contribution is -2.34. The molecule has 5 heterocycles. The van der Waals surface area contributed by atoms with Gasteiger partial charge in [-0.25, -0.2) is 14.4 Å². The Morgan fingerprint density at radius 3 is 1.63 bits per heavy atom. The third-order valence-corrected chi connectivity index (χ3v) is 7.48. The highest BCUT2D eigenvalue weighted by molar-refractivity contribution is 5.85. The summed E-state index contributed by atoms with van der Waals surface area (Å²) >= 11 is 0. The molecule has 264 valence electrons. The van der Waals surface area contributed by atoms with E-state index in [1.54, 1.807) is 16.0 Å². The van der Waals surface area contributed by atoms with Gasteiger partial charge in [-0.1, -0.05) is 13.8 Å². The van der Waals surface area contributed by atoms with Crippen LogP contribution in [-0.2, 0) is 19.1 Å². The van der Waals surface area contributed by atoms with Crippen LogP contribution in [0.15, 0.2) is 21.7 Å². The number of ketones is 1. The third kappa shape index (κ3) is 14.4. The van der Waals surface area contributed by atoms with Crippen molar-refractivity contribution in [1.82, 2.24) is 24.2 Å². The number of nitrogens with zero attached hydrogens (tertiary/aromatic N) is 5. The molecule has 13 heteroatoms. The molecule has 0 aliphatic carbocycles. The fourth-order valence-corrected chi connectivity index (χ4v) is 4.66. The van der Waals surface area contributed by atoms with Gasteiger partial charge in [0.15, 0.2) is 5.78 Å². The summed E-state index contributed by atoms with van der Waals surface area (Å²) in [5.74, 6) is 0.779. The Balaban J connectivity index is 0.000000288. The molecule has 46 heavy (non-hydrogen) atoms. The van der Waals surface area contributed by atoms with Gasteiger partial charge in [-0.3, -0.25) is 14.2 Å². The SMILES string of the molecule is CC(C)CC(=O)C1CO1.CC(C)N1CCCC1=O.CC(C)N1CCN(C)C1=O.CC(C)N1CCOC1=O.CC(C)n1ccoc1=O. The first-order valence-corrected chi connectivity index (χ1v) is 16.5. The first-order valence-electron chi connectivity index (χ1n) is 16.5. The van der Waals surface area contributed by atoms with Crippen LogP contribution in [0.25, 0.3) is 0 Å². The Bertz CT molecular complexity index is 1110. The molecule has 0 N–H and O–H groups in total. The molecule has 0 aromatic carbocycles. The van der Waals surface area contributed by atoms with E-state index in [0.29, 0.717) is 43.5 Å². The molecule has 1 unspecified atom stereocenters. The lowest BCUT2D eigenvalue weighted by molar-refractivity contribution is -0.129. The normalized spacial score (nSPS) is 18.7. The molecule has 4 amide bonds. The van der Waals surface area contributed by atoms with Gasteiger partial charge in [0.1, 0.15) is 19.0 Å². The Morgan fingerprint density at radius 1 is 0.804 bits per heavy atom. The number of amides is 4. The lowest BCUT2D eigenvalue weighted by Gasteiger charge is -2.19. The van der Waals surface area contributed by atoms with Crippen LogP contribution in [0.5, 0.6) is 0 Å². The average Bonchev–Trinajstić information content (AvgIpc) is 3.21. The van der Waals surface area contributed by atoms with Crippen molar-refractivity contribution in [3.8, 4) is 0 Å². The van der Waals surface area contributed by atoms with Crippen LogP contribution < -0.4 is 5.76 Å². The Kier molecular flexibility index (Phi) is 17.7. The van der Waals surface area contributed by atoms with Crippen molar-refractivity contribution in [2.24, 2.45) is 5.92 Å². The van der Waals surface area contributed by atoms with Gasteiger partial charge in [0.05, 0.1) is 13.2 Å². The van der Waals surface area contributed by atoms with Crippen molar-refractivity contribution >= 4 is 23.8 Å². The number of aromatic nitrogens is 1. The third-order valence-electron chi connectivity index (χ3n) is 7.48. The van der Waals surface area contributed by atoms with Gasteiger partial charge in [0.2, 0.25) is 5.91 Å². The van der Waals surface area contributed by atoms with E-state index in [0.717, 1.165) is 39.0 Å². The minimum Gasteiger partial charge on any atom is -0.448 e. The molecule has 13 nitrogen and oxygen atoms in total. The number of epoxide rings is 1. The molecule has 1 aromatic rings. The van der Waals surface area contributed by atoms with E-state index in [9.17, 15) is 24.0 Å². The predicted molar refractivity (Wildman–Crippen MR) is 177 cm³/mol. The molecule has 0 saturated carbocycles. The molecule has 1 aromatic heterocycles. The summed E-state index contributed by atoms with van der Waals surface area (Å²) in [7, 11) is 1.84. The summed E-state index contributed by atoms with van der Waals surface area (Å²) in [5, 5.41) is 0. The molecule has 0 spiro atoms. The van der Waals surface area contributed by atoms with Gasteiger partial charge in [0, 0.05) is 69.9 Å². The lowest BCUT2D eigenvalue weighted by atomic mass is 10.1. The Labute approximate surface area is 275 Å². The zero-order chi connectivity index (χ0) is 35.1. The van der Waals surface area contributed by atoms with E-state index in [2.05, 4.69) is 18.3 Å². The van der Waals surface area contributed by atoms with Crippen molar-refractivity contribution in [3.05, 3.63) is 23.0 Å². The number of hydrogen-bond donors (Lipinski definition) is 0. The maximum atomic E-state index is 11.2. The van der Waals surface area contributed by atoms with Crippen LogP contribution in [-0.4, -0.2) is 119 Å². The smallest absolute Gasteiger partial charge is 0.419 e. The molecular weight excluding hydrogens is 594 g/mol. The second-order valence-corrected chi connectivity index (χ2v) is 13.2. The summed E-state index contributed by atoms with van der Waals surface area (Å²) in [6, 6.07) is 1.38. The Morgan fingerprint density at radius 2 is 1.39 bits per heavy atom. The standard InChI is InChI=1S/C7H14N2O.C7H13NO.C7H12O2.C6H11NO2.C6H9NO2/c1-6(2)9-5-4-8(3)7(9)10;1-6(2)8-5-3-4-7(8)9;1-5(2)3-6(8)7-4-9-7;2*1-5(2)7-3-4-9-6(7)8/h6H,4-5H2,1-3H3;6H,3-5H2,1-2H3;5,7H,3-4H2,1-2H3;5H,3-4H2,1-2H3;3-5H,1-2H3. The van der Waals surface area contributed by atoms with Crippen molar-refractivity contribution < 1.29 is 33.1 Å². The van der Waals surface area contributed by atoms with Crippen LogP contribution in [0.4, 0.5) is 9.59 Å². The number of rotatable bonds is 7. The molecule has 4 aliphatic rings. The highest BCUT2D eigenvalue weighted by atomic mass is 16.6.